The van der Waals surface area contributed by atoms with E-state index >= 15 is 0 Å². The van der Waals surface area contributed by atoms with Crippen LogP contribution in [-0.2, 0) is 12.7 Å². The highest BCUT2D eigenvalue weighted by molar-refractivity contribution is 5.90. The summed E-state index contributed by atoms with van der Waals surface area (Å²) in [6.45, 7) is 2.17. The van der Waals surface area contributed by atoms with E-state index in [2.05, 4.69) is 25.7 Å². The molecule has 0 bridgehead atoms. The average Bonchev–Trinajstić information content (AvgIpc) is 3.27. The molecule has 27 heavy (non-hydrogen) atoms. The second-order valence-electron chi connectivity index (χ2n) is 5.83. The van der Waals surface area contributed by atoms with Crippen molar-refractivity contribution in [3.63, 3.8) is 0 Å². The number of carbonyl (C=O) groups excluding carboxylic acids is 1. The standard InChI is InChI=1S/C16H16F3N7O/c1-11(7-25-5-4-20-9-25)23-15(27)24-14-3-2-12(26-10-21-8-22-26)6-13(14)16(17,18)19/h2-6,8-11H,7H2,1H3,(H2,23,24,27)/t11-/m0/s1. The number of carbonyl (C=O) groups is 1. The van der Waals surface area contributed by atoms with E-state index in [0.717, 1.165) is 6.07 Å². The van der Waals surface area contributed by atoms with Gasteiger partial charge in [-0.1, -0.05) is 0 Å². The first-order valence-electron chi connectivity index (χ1n) is 7.92. The molecule has 1 aromatic carbocycles. The summed E-state index contributed by atoms with van der Waals surface area (Å²) in [5, 5.41) is 8.66. The smallest absolute Gasteiger partial charge is 0.335 e. The molecule has 0 aliphatic carbocycles. The Bertz CT molecular complexity index is 891. The molecule has 0 radical (unpaired) electrons. The van der Waals surface area contributed by atoms with Crippen LogP contribution >= 0.6 is 0 Å². The van der Waals surface area contributed by atoms with Crippen molar-refractivity contribution < 1.29 is 18.0 Å². The van der Waals surface area contributed by atoms with Gasteiger partial charge in [0.2, 0.25) is 0 Å². The van der Waals surface area contributed by atoms with Gasteiger partial charge in [0, 0.05) is 25.0 Å². The summed E-state index contributed by atoms with van der Waals surface area (Å²) in [6.07, 6.45) is 2.75. The first kappa shape index (κ1) is 18.4. The number of alkyl halides is 3. The molecule has 0 saturated carbocycles. The molecular formula is C16H16F3N7O. The van der Waals surface area contributed by atoms with E-state index in [4.69, 9.17) is 0 Å². The van der Waals surface area contributed by atoms with Gasteiger partial charge in [-0.2, -0.15) is 18.3 Å². The molecule has 1 atom stereocenters. The van der Waals surface area contributed by atoms with Crippen LogP contribution in [0.3, 0.4) is 0 Å². The minimum Gasteiger partial charge on any atom is -0.335 e. The zero-order chi connectivity index (χ0) is 19.4. The Morgan fingerprint density at radius 3 is 2.70 bits per heavy atom. The van der Waals surface area contributed by atoms with Crippen molar-refractivity contribution in [3.8, 4) is 5.69 Å². The van der Waals surface area contributed by atoms with Crippen molar-refractivity contribution in [1.29, 1.82) is 0 Å². The van der Waals surface area contributed by atoms with Gasteiger partial charge in [0.1, 0.15) is 12.7 Å². The summed E-state index contributed by atoms with van der Waals surface area (Å²) >= 11 is 0. The molecular weight excluding hydrogens is 363 g/mol. The maximum Gasteiger partial charge on any atom is 0.418 e. The van der Waals surface area contributed by atoms with Crippen LogP contribution in [0.15, 0.2) is 49.6 Å². The lowest BCUT2D eigenvalue weighted by Crippen LogP contribution is -2.38. The van der Waals surface area contributed by atoms with Crippen LogP contribution < -0.4 is 10.6 Å². The Morgan fingerprint density at radius 2 is 2.07 bits per heavy atom. The zero-order valence-corrected chi connectivity index (χ0v) is 14.2. The Kier molecular flexibility index (Phi) is 5.10. The number of hydrogen-bond donors (Lipinski definition) is 2. The fourth-order valence-corrected chi connectivity index (χ4v) is 2.50. The lowest BCUT2D eigenvalue weighted by atomic mass is 10.1. The van der Waals surface area contributed by atoms with Gasteiger partial charge in [0.15, 0.2) is 0 Å². The average molecular weight is 379 g/mol. The number of aromatic nitrogens is 5. The van der Waals surface area contributed by atoms with Gasteiger partial charge in [-0.25, -0.2) is 19.4 Å². The predicted molar refractivity (Wildman–Crippen MR) is 90.2 cm³/mol. The second kappa shape index (κ2) is 7.48. The van der Waals surface area contributed by atoms with Crippen LogP contribution in [0.5, 0.6) is 0 Å². The van der Waals surface area contributed by atoms with Gasteiger partial charge < -0.3 is 15.2 Å². The monoisotopic (exact) mass is 379 g/mol. The third kappa shape index (κ3) is 4.63. The van der Waals surface area contributed by atoms with E-state index < -0.39 is 17.8 Å². The van der Waals surface area contributed by atoms with Gasteiger partial charge in [0.05, 0.1) is 23.3 Å². The molecule has 142 valence electrons. The van der Waals surface area contributed by atoms with Crippen LogP contribution in [0.1, 0.15) is 12.5 Å². The Labute approximate surface area is 152 Å². The Morgan fingerprint density at radius 1 is 1.26 bits per heavy atom. The highest BCUT2D eigenvalue weighted by atomic mass is 19.4. The van der Waals surface area contributed by atoms with Crippen LogP contribution in [0.4, 0.5) is 23.7 Å². The number of amides is 2. The number of imidazole rings is 1. The van der Waals surface area contributed by atoms with E-state index in [9.17, 15) is 18.0 Å². The number of halogens is 3. The molecule has 2 aromatic heterocycles. The molecule has 3 rings (SSSR count). The molecule has 0 saturated heterocycles. The van der Waals surface area contributed by atoms with Crippen LogP contribution in [0.2, 0.25) is 0 Å². The van der Waals surface area contributed by atoms with E-state index in [-0.39, 0.29) is 17.4 Å². The summed E-state index contributed by atoms with van der Waals surface area (Å²) in [6, 6.07) is 2.44. The fraction of sp³-hybridized carbons (Fsp3) is 0.250. The van der Waals surface area contributed by atoms with Crippen molar-refractivity contribution in [3.05, 3.63) is 55.1 Å². The highest BCUT2D eigenvalue weighted by Gasteiger charge is 2.34. The minimum atomic E-state index is -4.65. The van der Waals surface area contributed by atoms with E-state index in [1.165, 1.54) is 29.5 Å². The molecule has 2 heterocycles. The zero-order valence-electron chi connectivity index (χ0n) is 14.2. The van der Waals surface area contributed by atoms with Crippen LogP contribution in [0, 0.1) is 0 Å². The number of nitrogens with one attached hydrogen (secondary N) is 2. The number of benzene rings is 1. The lowest BCUT2D eigenvalue weighted by molar-refractivity contribution is -0.136. The fourth-order valence-electron chi connectivity index (χ4n) is 2.50. The van der Waals surface area contributed by atoms with Crippen molar-refractivity contribution in [2.24, 2.45) is 0 Å². The normalized spacial score (nSPS) is 12.6. The predicted octanol–water partition coefficient (Wildman–Crippen LogP) is 2.69. The lowest BCUT2D eigenvalue weighted by Gasteiger charge is -2.18. The molecule has 11 heteroatoms. The maximum absolute atomic E-state index is 13.4. The third-order valence-electron chi connectivity index (χ3n) is 3.66. The number of rotatable bonds is 5. The molecule has 2 N–H and O–H groups in total. The molecule has 0 aliphatic rings. The first-order valence-corrected chi connectivity index (χ1v) is 7.92. The quantitative estimate of drug-likeness (QED) is 0.713. The SMILES string of the molecule is C[C@@H](Cn1ccnc1)NC(=O)Nc1ccc(-n2cncn2)cc1C(F)(F)F. The van der Waals surface area contributed by atoms with E-state index in [0.29, 0.717) is 6.54 Å². The van der Waals surface area contributed by atoms with Gasteiger partial charge >= 0.3 is 12.2 Å². The van der Waals surface area contributed by atoms with Crippen LogP contribution in [0.25, 0.3) is 5.69 Å². The summed E-state index contributed by atoms with van der Waals surface area (Å²) in [5.41, 5.74) is -1.15. The summed E-state index contributed by atoms with van der Waals surface area (Å²) in [7, 11) is 0. The minimum absolute atomic E-state index is 0.180. The molecule has 2 amide bonds. The molecule has 0 spiro atoms. The first-order chi connectivity index (χ1) is 12.8. The molecule has 3 aromatic rings. The van der Waals surface area contributed by atoms with Crippen molar-refractivity contribution in [1.82, 2.24) is 29.6 Å². The van der Waals surface area contributed by atoms with Gasteiger partial charge in [-0.15, -0.1) is 0 Å². The maximum atomic E-state index is 13.4. The number of hydrogen-bond acceptors (Lipinski definition) is 4. The molecule has 0 unspecified atom stereocenters. The van der Waals surface area contributed by atoms with E-state index in [1.54, 1.807) is 30.2 Å². The van der Waals surface area contributed by atoms with Gasteiger partial charge in [0.25, 0.3) is 0 Å². The number of urea groups is 1. The van der Waals surface area contributed by atoms with Gasteiger partial charge in [-0.05, 0) is 25.1 Å². The van der Waals surface area contributed by atoms with Gasteiger partial charge in [-0.3, -0.25) is 0 Å². The van der Waals surface area contributed by atoms with E-state index in [1.807, 2.05) is 0 Å². The number of anilines is 1. The second-order valence-corrected chi connectivity index (χ2v) is 5.83. The van der Waals surface area contributed by atoms with Crippen molar-refractivity contribution in [2.75, 3.05) is 5.32 Å². The van der Waals surface area contributed by atoms with Crippen molar-refractivity contribution >= 4 is 11.7 Å². The molecule has 8 nitrogen and oxygen atoms in total. The highest BCUT2D eigenvalue weighted by Crippen LogP contribution is 2.36. The Hall–Kier alpha value is -3.37. The Balaban J connectivity index is 1.74. The molecule has 0 aliphatic heterocycles. The summed E-state index contributed by atoms with van der Waals surface area (Å²) in [5.74, 6) is 0. The molecule has 0 fully saturated rings. The number of nitrogens with zero attached hydrogens (tertiary/aromatic N) is 5. The van der Waals surface area contributed by atoms with Crippen LogP contribution in [-0.4, -0.2) is 36.4 Å². The largest absolute Gasteiger partial charge is 0.418 e. The van der Waals surface area contributed by atoms with Crippen molar-refractivity contribution in [2.45, 2.75) is 25.7 Å². The summed E-state index contributed by atoms with van der Waals surface area (Å²) < 4.78 is 43.2. The third-order valence-corrected chi connectivity index (χ3v) is 3.66. The topological polar surface area (TPSA) is 89.7 Å². The summed E-state index contributed by atoms with van der Waals surface area (Å²) in [4.78, 5) is 19.7.